The van der Waals surface area contributed by atoms with Gasteiger partial charge >= 0.3 is 0 Å². The molecule has 0 aliphatic carbocycles. The van der Waals surface area contributed by atoms with E-state index in [2.05, 4.69) is 85.9 Å². The molecule has 2 unspecified atom stereocenters. The lowest BCUT2D eigenvalue weighted by atomic mass is 10.1. The minimum Gasteiger partial charge on any atom is -0.203 e. The lowest BCUT2D eigenvalue weighted by Crippen LogP contribution is -2.40. The number of hydrogen-bond donors (Lipinski definition) is 0. The van der Waals surface area contributed by atoms with Crippen LogP contribution in [0.5, 0.6) is 0 Å². The molecular formula is C18H26N2+2. The summed E-state index contributed by atoms with van der Waals surface area (Å²) in [5.41, 5.74) is 2.63. The largest absolute Gasteiger partial charge is 0.203 e. The van der Waals surface area contributed by atoms with Gasteiger partial charge in [-0.25, -0.2) is 9.13 Å². The molecule has 0 spiro atoms. The van der Waals surface area contributed by atoms with E-state index in [4.69, 9.17) is 0 Å². The molecule has 0 aromatic carbocycles. The summed E-state index contributed by atoms with van der Waals surface area (Å²) in [6.45, 7) is 8.85. The summed E-state index contributed by atoms with van der Waals surface area (Å²) in [5.74, 6) is 0. The van der Waals surface area contributed by atoms with Crippen molar-refractivity contribution in [2.75, 3.05) is 0 Å². The Kier molecular flexibility index (Phi) is 4.89. The molecule has 0 radical (unpaired) electrons. The van der Waals surface area contributed by atoms with Crippen LogP contribution in [-0.4, -0.2) is 0 Å². The first-order chi connectivity index (χ1) is 9.56. The fourth-order valence-electron chi connectivity index (χ4n) is 2.39. The van der Waals surface area contributed by atoms with Gasteiger partial charge in [-0.1, -0.05) is 0 Å². The Balaban J connectivity index is 1.91. The van der Waals surface area contributed by atoms with Crippen LogP contribution in [0.1, 0.15) is 49.9 Å². The highest BCUT2D eigenvalue weighted by molar-refractivity contribution is 5.03. The number of aryl methyl sites for hydroxylation is 2. The number of rotatable bonds is 5. The Morgan fingerprint density at radius 3 is 1.30 bits per heavy atom. The average Bonchev–Trinajstić information content (AvgIpc) is 2.46. The molecule has 2 nitrogen and oxygen atoms in total. The molecule has 0 aliphatic heterocycles. The van der Waals surface area contributed by atoms with E-state index in [9.17, 15) is 0 Å². The van der Waals surface area contributed by atoms with E-state index in [1.807, 2.05) is 0 Å². The number of hydrogen-bond acceptors (Lipinski definition) is 0. The molecule has 0 saturated heterocycles. The monoisotopic (exact) mass is 270 g/mol. The molecule has 0 fully saturated rings. The summed E-state index contributed by atoms with van der Waals surface area (Å²) in [6.07, 6.45) is 11.1. The first kappa shape index (κ1) is 14.7. The third-order valence-corrected chi connectivity index (χ3v) is 4.06. The van der Waals surface area contributed by atoms with Gasteiger partial charge in [0.15, 0.2) is 36.9 Å². The summed E-state index contributed by atoms with van der Waals surface area (Å²) < 4.78 is 4.61. The van der Waals surface area contributed by atoms with Crippen molar-refractivity contribution in [1.29, 1.82) is 0 Å². The summed E-state index contributed by atoms with van der Waals surface area (Å²) >= 11 is 0. The first-order valence-electron chi connectivity index (χ1n) is 7.51. The number of pyridine rings is 2. The molecule has 2 aromatic heterocycles. The van der Waals surface area contributed by atoms with Crippen molar-refractivity contribution < 1.29 is 9.13 Å². The van der Waals surface area contributed by atoms with E-state index in [1.54, 1.807) is 0 Å². The van der Waals surface area contributed by atoms with Crippen molar-refractivity contribution in [3.05, 3.63) is 60.2 Å². The molecule has 106 valence electrons. The third-order valence-electron chi connectivity index (χ3n) is 4.06. The second kappa shape index (κ2) is 6.65. The van der Waals surface area contributed by atoms with E-state index >= 15 is 0 Å². The van der Waals surface area contributed by atoms with Crippen molar-refractivity contribution in [2.45, 2.75) is 52.6 Å². The van der Waals surface area contributed by atoms with Crippen molar-refractivity contribution in [3.8, 4) is 0 Å². The van der Waals surface area contributed by atoms with Crippen molar-refractivity contribution in [2.24, 2.45) is 0 Å². The molecular weight excluding hydrogens is 244 g/mol. The van der Waals surface area contributed by atoms with E-state index in [0.717, 1.165) is 0 Å². The van der Waals surface area contributed by atoms with Gasteiger partial charge in [-0.15, -0.1) is 0 Å². The Hall–Kier alpha value is -1.70. The zero-order chi connectivity index (χ0) is 14.5. The zero-order valence-corrected chi connectivity index (χ0v) is 13.1. The Morgan fingerprint density at radius 2 is 1.00 bits per heavy atom. The minimum atomic E-state index is 0.545. The van der Waals surface area contributed by atoms with Gasteiger partial charge in [0, 0.05) is 37.1 Å². The maximum Gasteiger partial charge on any atom is 0.169 e. The van der Waals surface area contributed by atoms with Crippen LogP contribution < -0.4 is 9.13 Å². The van der Waals surface area contributed by atoms with Crippen molar-refractivity contribution >= 4 is 0 Å². The lowest BCUT2D eigenvalue weighted by molar-refractivity contribution is -0.732. The highest BCUT2D eigenvalue weighted by atomic mass is 15.0. The smallest absolute Gasteiger partial charge is 0.169 e. The minimum absolute atomic E-state index is 0.545. The molecule has 2 atom stereocenters. The van der Waals surface area contributed by atoms with Gasteiger partial charge in [0.05, 0.1) is 0 Å². The molecule has 2 heteroatoms. The Morgan fingerprint density at radius 1 is 0.700 bits per heavy atom. The van der Waals surface area contributed by atoms with Gasteiger partial charge < -0.3 is 0 Å². The molecule has 0 amide bonds. The topological polar surface area (TPSA) is 7.76 Å². The maximum atomic E-state index is 2.31. The van der Waals surface area contributed by atoms with Crippen molar-refractivity contribution in [1.82, 2.24) is 0 Å². The Bertz CT molecular complexity index is 477. The van der Waals surface area contributed by atoms with E-state index < -0.39 is 0 Å². The van der Waals surface area contributed by atoms with Gasteiger partial charge in [-0.3, -0.25) is 0 Å². The number of nitrogens with zero attached hydrogens (tertiary/aromatic N) is 2. The molecule has 0 bridgehead atoms. The van der Waals surface area contributed by atoms with Crippen LogP contribution in [0.2, 0.25) is 0 Å². The first-order valence-corrected chi connectivity index (χ1v) is 7.51. The molecule has 20 heavy (non-hydrogen) atoms. The fraction of sp³-hybridized carbons (Fsp3) is 0.444. The van der Waals surface area contributed by atoms with Crippen LogP contribution >= 0.6 is 0 Å². The number of aromatic nitrogens is 2. The average molecular weight is 270 g/mol. The summed E-state index contributed by atoms with van der Waals surface area (Å²) in [4.78, 5) is 0. The highest BCUT2D eigenvalue weighted by Gasteiger charge is 2.17. The lowest BCUT2D eigenvalue weighted by Gasteiger charge is -2.10. The SMILES string of the molecule is Cc1cc[n+](C(C)CCC(C)[n+]2ccc(C)cc2)cc1. The Labute approximate surface area is 122 Å². The summed E-state index contributed by atoms with van der Waals surface area (Å²) in [5, 5.41) is 0. The second-order valence-electron chi connectivity index (χ2n) is 5.92. The van der Waals surface area contributed by atoms with Crippen LogP contribution in [0.4, 0.5) is 0 Å². The highest BCUT2D eigenvalue weighted by Crippen LogP contribution is 2.12. The predicted molar refractivity (Wildman–Crippen MR) is 81.4 cm³/mol. The summed E-state index contributed by atoms with van der Waals surface area (Å²) in [6, 6.07) is 9.79. The molecule has 0 N–H and O–H groups in total. The van der Waals surface area contributed by atoms with E-state index in [1.165, 1.54) is 24.0 Å². The van der Waals surface area contributed by atoms with Crippen LogP contribution in [-0.2, 0) is 0 Å². The third kappa shape index (κ3) is 3.89. The second-order valence-corrected chi connectivity index (χ2v) is 5.92. The predicted octanol–water partition coefficient (Wildman–Crippen LogP) is 3.48. The molecule has 0 saturated carbocycles. The van der Waals surface area contributed by atoms with Crippen LogP contribution in [0.25, 0.3) is 0 Å². The van der Waals surface area contributed by atoms with Gasteiger partial charge in [-0.05, 0) is 38.8 Å². The fourth-order valence-corrected chi connectivity index (χ4v) is 2.39. The van der Waals surface area contributed by atoms with Gasteiger partial charge in [0.2, 0.25) is 0 Å². The summed E-state index contributed by atoms with van der Waals surface area (Å²) in [7, 11) is 0. The van der Waals surface area contributed by atoms with E-state index in [0.29, 0.717) is 12.1 Å². The molecule has 2 heterocycles. The maximum absolute atomic E-state index is 2.31. The molecule has 2 aromatic rings. The van der Waals surface area contributed by atoms with E-state index in [-0.39, 0.29) is 0 Å². The normalized spacial score (nSPS) is 14.0. The zero-order valence-electron chi connectivity index (χ0n) is 13.1. The van der Waals surface area contributed by atoms with Gasteiger partial charge in [0.1, 0.15) is 0 Å². The quantitative estimate of drug-likeness (QED) is 0.735. The van der Waals surface area contributed by atoms with Crippen LogP contribution in [0, 0.1) is 13.8 Å². The van der Waals surface area contributed by atoms with Crippen LogP contribution in [0.15, 0.2) is 49.1 Å². The van der Waals surface area contributed by atoms with Gasteiger partial charge in [-0.2, -0.15) is 0 Å². The standard InChI is InChI=1S/C18H26N2/c1-15-7-11-19(12-8-15)17(3)5-6-18(4)20-13-9-16(2)10-14-20/h7-14,17-18H,5-6H2,1-4H3/q+2. The molecule has 0 aliphatic rings. The van der Waals surface area contributed by atoms with Crippen LogP contribution in [0.3, 0.4) is 0 Å². The molecule has 2 rings (SSSR count). The van der Waals surface area contributed by atoms with Gasteiger partial charge in [0.25, 0.3) is 0 Å². The van der Waals surface area contributed by atoms with Crippen molar-refractivity contribution in [3.63, 3.8) is 0 Å².